The summed E-state index contributed by atoms with van der Waals surface area (Å²) >= 11 is 0. The molecule has 0 aromatic carbocycles. The highest BCUT2D eigenvalue weighted by molar-refractivity contribution is 5.26. The van der Waals surface area contributed by atoms with Crippen LogP contribution in [0.5, 0.6) is 5.75 Å². The minimum Gasteiger partial charge on any atom is -0.502 e. The molecule has 1 aromatic rings. The van der Waals surface area contributed by atoms with Crippen molar-refractivity contribution in [3.05, 3.63) is 41.0 Å². The Bertz CT molecular complexity index is 339. The van der Waals surface area contributed by atoms with E-state index in [0.717, 1.165) is 18.4 Å². The monoisotopic (exact) mass is 168 g/mol. The van der Waals surface area contributed by atoms with E-state index >= 15 is 0 Å². The lowest BCUT2D eigenvalue weighted by Gasteiger charge is -2.04. The van der Waals surface area contributed by atoms with Crippen molar-refractivity contribution in [1.82, 2.24) is 0 Å². The Kier molecular flexibility index (Phi) is 2.30. The van der Waals surface area contributed by atoms with E-state index < -0.39 is 17.3 Å². The summed E-state index contributed by atoms with van der Waals surface area (Å²) in [5, 5.41) is 18.2. The van der Waals surface area contributed by atoms with E-state index in [1.165, 1.54) is 0 Å². The number of aliphatic hydroxyl groups is 1. The van der Waals surface area contributed by atoms with E-state index in [4.69, 9.17) is 14.6 Å². The zero-order chi connectivity index (χ0) is 9.14. The largest absolute Gasteiger partial charge is 0.502 e. The summed E-state index contributed by atoms with van der Waals surface area (Å²) in [6.07, 6.45) is 1.10. The SMILES string of the molecule is C=CC(O)c1occc(=O)c1O. The Morgan fingerprint density at radius 2 is 2.33 bits per heavy atom. The van der Waals surface area contributed by atoms with Crippen LogP contribution in [0.4, 0.5) is 0 Å². The van der Waals surface area contributed by atoms with Crippen molar-refractivity contribution < 1.29 is 14.6 Å². The zero-order valence-corrected chi connectivity index (χ0v) is 6.23. The van der Waals surface area contributed by atoms with Crippen molar-refractivity contribution in [2.24, 2.45) is 0 Å². The van der Waals surface area contributed by atoms with E-state index in [2.05, 4.69) is 6.58 Å². The predicted molar refractivity (Wildman–Crippen MR) is 41.8 cm³/mol. The Labute approximate surface area is 68.4 Å². The molecule has 1 aromatic heterocycles. The van der Waals surface area contributed by atoms with Crippen molar-refractivity contribution >= 4 is 0 Å². The topological polar surface area (TPSA) is 70.7 Å². The van der Waals surface area contributed by atoms with Gasteiger partial charge in [0.1, 0.15) is 6.10 Å². The molecule has 0 aliphatic heterocycles. The summed E-state index contributed by atoms with van der Waals surface area (Å²) in [5.74, 6) is -0.762. The highest BCUT2D eigenvalue weighted by Crippen LogP contribution is 2.20. The van der Waals surface area contributed by atoms with Crippen LogP contribution in [0, 0.1) is 0 Å². The average molecular weight is 168 g/mol. The molecular weight excluding hydrogens is 160 g/mol. The maximum atomic E-state index is 10.8. The van der Waals surface area contributed by atoms with Gasteiger partial charge < -0.3 is 14.6 Å². The lowest BCUT2D eigenvalue weighted by molar-refractivity contribution is 0.186. The van der Waals surface area contributed by atoms with Crippen LogP contribution >= 0.6 is 0 Å². The zero-order valence-electron chi connectivity index (χ0n) is 6.23. The number of rotatable bonds is 2. The number of aromatic hydroxyl groups is 1. The molecule has 1 heterocycles. The van der Waals surface area contributed by atoms with Crippen LogP contribution in [0.15, 0.2) is 34.2 Å². The summed E-state index contributed by atoms with van der Waals surface area (Å²) in [6, 6.07) is 1.06. The standard InChI is InChI=1S/C8H8O4/c1-2-5(9)8-7(11)6(10)3-4-12-8/h2-5,9,11H,1H2. The van der Waals surface area contributed by atoms with Crippen LogP contribution in [-0.2, 0) is 0 Å². The second-order valence-electron chi connectivity index (χ2n) is 2.18. The van der Waals surface area contributed by atoms with E-state index in [1.807, 2.05) is 0 Å². The maximum Gasteiger partial charge on any atom is 0.226 e. The first-order valence-corrected chi connectivity index (χ1v) is 3.28. The molecule has 1 unspecified atom stereocenters. The molecule has 0 saturated heterocycles. The van der Waals surface area contributed by atoms with E-state index in [1.54, 1.807) is 0 Å². The molecule has 2 N–H and O–H groups in total. The Morgan fingerprint density at radius 3 is 2.92 bits per heavy atom. The first-order chi connectivity index (χ1) is 5.66. The first kappa shape index (κ1) is 8.55. The van der Waals surface area contributed by atoms with Gasteiger partial charge in [-0.05, 0) is 0 Å². The van der Waals surface area contributed by atoms with Gasteiger partial charge in [-0.15, -0.1) is 6.58 Å². The normalized spacial score (nSPS) is 12.4. The molecule has 0 saturated carbocycles. The van der Waals surface area contributed by atoms with Crippen molar-refractivity contribution in [1.29, 1.82) is 0 Å². The van der Waals surface area contributed by atoms with Crippen LogP contribution in [0.25, 0.3) is 0 Å². The van der Waals surface area contributed by atoms with Crippen molar-refractivity contribution in [3.8, 4) is 5.75 Å². The highest BCUT2D eigenvalue weighted by Gasteiger charge is 2.13. The van der Waals surface area contributed by atoms with Gasteiger partial charge in [-0.2, -0.15) is 0 Å². The second-order valence-corrected chi connectivity index (χ2v) is 2.18. The Morgan fingerprint density at radius 1 is 1.67 bits per heavy atom. The minimum atomic E-state index is -1.15. The van der Waals surface area contributed by atoms with Crippen LogP contribution < -0.4 is 5.43 Å². The predicted octanol–water partition coefficient (Wildman–Crippen LogP) is 0.565. The van der Waals surface area contributed by atoms with Crippen LogP contribution in [-0.4, -0.2) is 10.2 Å². The third kappa shape index (κ3) is 1.38. The maximum absolute atomic E-state index is 10.8. The van der Waals surface area contributed by atoms with Gasteiger partial charge in [0.15, 0.2) is 5.76 Å². The lowest BCUT2D eigenvalue weighted by Crippen LogP contribution is -2.03. The smallest absolute Gasteiger partial charge is 0.226 e. The molecule has 0 bridgehead atoms. The first-order valence-electron chi connectivity index (χ1n) is 3.28. The fourth-order valence-electron chi connectivity index (χ4n) is 0.742. The van der Waals surface area contributed by atoms with Gasteiger partial charge in [0.2, 0.25) is 11.2 Å². The van der Waals surface area contributed by atoms with E-state index in [9.17, 15) is 4.79 Å². The molecule has 1 rings (SSSR count). The van der Waals surface area contributed by atoms with Gasteiger partial charge >= 0.3 is 0 Å². The summed E-state index contributed by atoms with van der Waals surface area (Å²) in [7, 11) is 0. The third-order valence-corrected chi connectivity index (χ3v) is 1.37. The summed E-state index contributed by atoms with van der Waals surface area (Å²) in [4.78, 5) is 10.8. The molecule has 4 nitrogen and oxygen atoms in total. The fraction of sp³-hybridized carbons (Fsp3) is 0.125. The van der Waals surface area contributed by atoms with Gasteiger partial charge in [-0.3, -0.25) is 4.79 Å². The molecule has 64 valence electrons. The third-order valence-electron chi connectivity index (χ3n) is 1.37. The van der Waals surface area contributed by atoms with E-state index in [-0.39, 0.29) is 5.76 Å². The Hall–Kier alpha value is -1.55. The number of hydrogen-bond donors (Lipinski definition) is 2. The molecule has 0 aliphatic carbocycles. The molecule has 0 radical (unpaired) electrons. The van der Waals surface area contributed by atoms with Crippen LogP contribution in [0.2, 0.25) is 0 Å². The highest BCUT2D eigenvalue weighted by atomic mass is 16.4. The molecule has 0 aliphatic rings. The minimum absolute atomic E-state index is 0.183. The van der Waals surface area contributed by atoms with Gasteiger partial charge in [-0.1, -0.05) is 6.08 Å². The molecule has 0 spiro atoms. The lowest BCUT2D eigenvalue weighted by atomic mass is 10.2. The molecule has 0 fully saturated rings. The number of hydrogen-bond acceptors (Lipinski definition) is 4. The van der Waals surface area contributed by atoms with Gasteiger partial charge in [-0.25, -0.2) is 0 Å². The molecule has 12 heavy (non-hydrogen) atoms. The van der Waals surface area contributed by atoms with Crippen molar-refractivity contribution in [2.45, 2.75) is 6.10 Å². The molecular formula is C8H8O4. The molecule has 0 amide bonds. The average Bonchev–Trinajstić information content (AvgIpc) is 2.08. The quantitative estimate of drug-likeness (QED) is 0.633. The van der Waals surface area contributed by atoms with Gasteiger partial charge in [0.25, 0.3) is 0 Å². The summed E-state index contributed by atoms with van der Waals surface area (Å²) in [6.45, 7) is 3.28. The number of aliphatic hydroxyl groups excluding tert-OH is 1. The summed E-state index contributed by atoms with van der Waals surface area (Å²) < 4.78 is 4.72. The van der Waals surface area contributed by atoms with E-state index in [0.29, 0.717) is 0 Å². The van der Waals surface area contributed by atoms with Gasteiger partial charge in [0, 0.05) is 6.07 Å². The second kappa shape index (κ2) is 3.23. The fourth-order valence-corrected chi connectivity index (χ4v) is 0.742. The molecule has 4 heteroatoms. The van der Waals surface area contributed by atoms with Gasteiger partial charge in [0.05, 0.1) is 6.26 Å². The Balaban J connectivity index is 3.25. The molecule has 1 atom stereocenters. The van der Waals surface area contributed by atoms with Crippen LogP contribution in [0.1, 0.15) is 11.9 Å². The van der Waals surface area contributed by atoms with Crippen molar-refractivity contribution in [2.75, 3.05) is 0 Å². The van der Waals surface area contributed by atoms with Crippen molar-refractivity contribution in [3.63, 3.8) is 0 Å². The summed E-state index contributed by atoms with van der Waals surface area (Å²) in [5.41, 5.74) is -0.586. The van der Waals surface area contributed by atoms with Crippen LogP contribution in [0.3, 0.4) is 0 Å².